The van der Waals surface area contributed by atoms with Gasteiger partial charge in [0, 0.05) is 13.2 Å². The van der Waals surface area contributed by atoms with Gasteiger partial charge in [-0.25, -0.2) is 9.59 Å². The van der Waals surface area contributed by atoms with Crippen molar-refractivity contribution in [3.05, 3.63) is 17.0 Å². The van der Waals surface area contributed by atoms with E-state index in [0.29, 0.717) is 5.00 Å². The van der Waals surface area contributed by atoms with Crippen LogP contribution in [0.4, 0.5) is 9.80 Å². The van der Waals surface area contributed by atoms with Gasteiger partial charge in [0.2, 0.25) is 0 Å². The smallest absolute Gasteiger partial charge is 0.338 e. The van der Waals surface area contributed by atoms with Crippen molar-refractivity contribution in [2.75, 3.05) is 12.4 Å². The topological polar surface area (TPSA) is 87.7 Å². The summed E-state index contributed by atoms with van der Waals surface area (Å²) < 4.78 is 5.11. The van der Waals surface area contributed by atoms with E-state index in [1.54, 1.807) is 12.5 Å². The normalized spacial score (nSPS) is 22.1. The van der Waals surface area contributed by atoms with Gasteiger partial charge in [-0.2, -0.15) is 0 Å². The van der Waals surface area contributed by atoms with Crippen molar-refractivity contribution in [2.45, 2.75) is 25.0 Å². The Hall–Kier alpha value is -1.60. The van der Waals surface area contributed by atoms with Crippen molar-refractivity contribution in [2.24, 2.45) is 0 Å². The second-order valence-corrected chi connectivity index (χ2v) is 5.01. The van der Waals surface area contributed by atoms with E-state index in [-0.39, 0.29) is 23.7 Å². The summed E-state index contributed by atoms with van der Waals surface area (Å²) in [5.74, 6) is -1.05. The van der Waals surface area contributed by atoms with Crippen molar-refractivity contribution in [1.29, 1.82) is 0 Å². The molecule has 1 saturated carbocycles. The lowest BCUT2D eigenvalue weighted by Crippen LogP contribution is -2.48. The number of methoxy groups -OCH3 is 1. The van der Waals surface area contributed by atoms with Crippen LogP contribution in [0.15, 0.2) is 11.4 Å². The average molecular weight is 270 g/mol. The Labute approximate surface area is 108 Å². The number of aromatic carboxylic acids is 1. The Kier molecular flexibility index (Phi) is 3.83. The zero-order valence-electron chi connectivity index (χ0n) is 9.80. The van der Waals surface area contributed by atoms with Gasteiger partial charge in [-0.3, -0.25) is 5.32 Å². The van der Waals surface area contributed by atoms with Crippen LogP contribution < -0.4 is 10.6 Å². The lowest BCUT2D eigenvalue weighted by atomic mass is 9.89. The first-order valence-corrected chi connectivity index (χ1v) is 6.39. The van der Waals surface area contributed by atoms with E-state index < -0.39 is 5.97 Å². The van der Waals surface area contributed by atoms with Crippen LogP contribution in [0.5, 0.6) is 0 Å². The molecule has 0 spiro atoms. The van der Waals surface area contributed by atoms with Crippen LogP contribution in [0.3, 0.4) is 0 Å². The minimum absolute atomic E-state index is 0.100. The maximum Gasteiger partial charge on any atom is 0.338 e. The van der Waals surface area contributed by atoms with Gasteiger partial charge in [0.25, 0.3) is 0 Å². The highest BCUT2D eigenvalue weighted by Crippen LogP contribution is 2.25. The highest BCUT2D eigenvalue weighted by Gasteiger charge is 2.30. The van der Waals surface area contributed by atoms with Gasteiger partial charge in [-0.05, 0) is 24.3 Å². The summed E-state index contributed by atoms with van der Waals surface area (Å²) >= 11 is 1.19. The van der Waals surface area contributed by atoms with Gasteiger partial charge < -0.3 is 15.2 Å². The van der Waals surface area contributed by atoms with Crippen molar-refractivity contribution < 1.29 is 19.4 Å². The molecule has 1 fully saturated rings. The van der Waals surface area contributed by atoms with Crippen LogP contribution in [-0.4, -0.2) is 36.4 Å². The molecule has 0 unspecified atom stereocenters. The lowest BCUT2D eigenvalue weighted by Gasteiger charge is -2.34. The molecule has 1 aromatic rings. The van der Waals surface area contributed by atoms with Crippen LogP contribution in [0, 0.1) is 0 Å². The van der Waals surface area contributed by atoms with Gasteiger partial charge >= 0.3 is 12.0 Å². The van der Waals surface area contributed by atoms with Gasteiger partial charge in [-0.15, -0.1) is 11.3 Å². The number of carbonyl (C=O) groups is 2. The molecular formula is C11H14N2O4S. The Morgan fingerprint density at radius 3 is 2.83 bits per heavy atom. The van der Waals surface area contributed by atoms with Gasteiger partial charge in [-0.1, -0.05) is 0 Å². The summed E-state index contributed by atoms with van der Waals surface area (Å²) in [5, 5.41) is 16.2. The van der Waals surface area contributed by atoms with E-state index in [1.807, 2.05) is 0 Å². The molecule has 1 aliphatic carbocycles. The highest BCUT2D eigenvalue weighted by atomic mass is 32.1. The van der Waals surface area contributed by atoms with Gasteiger partial charge in [0.1, 0.15) is 5.00 Å². The van der Waals surface area contributed by atoms with E-state index >= 15 is 0 Å². The van der Waals surface area contributed by atoms with E-state index in [2.05, 4.69) is 10.6 Å². The molecule has 7 heteroatoms. The van der Waals surface area contributed by atoms with Crippen molar-refractivity contribution in [1.82, 2.24) is 5.32 Å². The second-order valence-electron chi connectivity index (χ2n) is 4.09. The van der Waals surface area contributed by atoms with E-state index in [0.717, 1.165) is 12.8 Å². The quantitative estimate of drug-likeness (QED) is 0.777. The molecule has 3 N–H and O–H groups in total. The number of nitrogens with one attached hydrogen (secondary N) is 2. The molecule has 2 rings (SSSR count). The molecular weight excluding hydrogens is 256 g/mol. The van der Waals surface area contributed by atoms with Crippen molar-refractivity contribution in [3.63, 3.8) is 0 Å². The Balaban J connectivity index is 1.84. The zero-order chi connectivity index (χ0) is 13.1. The average Bonchev–Trinajstić information content (AvgIpc) is 2.70. The predicted molar refractivity (Wildman–Crippen MR) is 67.3 cm³/mol. The number of anilines is 1. The summed E-state index contributed by atoms with van der Waals surface area (Å²) in [4.78, 5) is 22.5. The SMILES string of the molecule is COC1CC(NC(=O)Nc2sccc2C(=O)O)C1. The molecule has 1 aromatic heterocycles. The van der Waals surface area contributed by atoms with Crippen LogP contribution in [0.2, 0.25) is 0 Å². The number of hydrogen-bond acceptors (Lipinski definition) is 4. The highest BCUT2D eigenvalue weighted by molar-refractivity contribution is 7.14. The Morgan fingerprint density at radius 2 is 2.22 bits per heavy atom. The maximum absolute atomic E-state index is 11.6. The number of thiophene rings is 1. The molecule has 1 heterocycles. The summed E-state index contributed by atoms with van der Waals surface area (Å²) in [6.45, 7) is 0. The van der Waals surface area contributed by atoms with Crippen molar-refractivity contribution in [3.8, 4) is 0 Å². The number of rotatable bonds is 4. The molecule has 1 aliphatic rings. The third-order valence-corrected chi connectivity index (χ3v) is 3.72. The Morgan fingerprint density at radius 1 is 1.50 bits per heavy atom. The molecule has 0 aliphatic heterocycles. The standard InChI is InChI=1S/C11H14N2O4S/c1-17-7-4-6(5-7)12-11(16)13-9-8(10(14)15)2-3-18-9/h2-3,6-7H,4-5H2,1H3,(H,14,15)(H2,12,13,16). The number of carboxylic acid groups (broad SMARTS) is 1. The third-order valence-electron chi connectivity index (χ3n) is 2.89. The molecule has 6 nitrogen and oxygen atoms in total. The number of hydrogen-bond donors (Lipinski definition) is 3. The zero-order valence-corrected chi connectivity index (χ0v) is 10.6. The van der Waals surface area contributed by atoms with E-state index in [9.17, 15) is 9.59 Å². The van der Waals surface area contributed by atoms with Gasteiger partial charge in [0.05, 0.1) is 11.7 Å². The number of amides is 2. The minimum atomic E-state index is -1.05. The largest absolute Gasteiger partial charge is 0.478 e. The van der Waals surface area contributed by atoms with E-state index in [1.165, 1.54) is 17.4 Å². The summed E-state index contributed by atoms with van der Waals surface area (Å²) in [6, 6.07) is 1.19. The first-order valence-electron chi connectivity index (χ1n) is 5.51. The monoisotopic (exact) mass is 270 g/mol. The molecule has 98 valence electrons. The van der Waals surface area contributed by atoms with Gasteiger partial charge in [0.15, 0.2) is 0 Å². The van der Waals surface area contributed by atoms with Crippen LogP contribution in [-0.2, 0) is 4.74 Å². The molecule has 0 atom stereocenters. The molecule has 0 saturated heterocycles. The number of carbonyl (C=O) groups excluding carboxylic acids is 1. The fraction of sp³-hybridized carbons (Fsp3) is 0.455. The number of carboxylic acids is 1. The van der Waals surface area contributed by atoms with Crippen LogP contribution >= 0.6 is 11.3 Å². The summed E-state index contributed by atoms with van der Waals surface area (Å²) in [5.41, 5.74) is 0.110. The van der Waals surface area contributed by atoms with Crippen LogP contribution in [0.25, 0.3) is 0 Å². The fourth-order valence-corrected chi connectivity index (χ4v) is 2.55. The first kappa shape index (κ1) is 12.8. The molecule has 0 aromatic carbocycles. The molecule has 0 bridgehead atoms. The lowest BCUT2D eigenvalue weighted by molar-refractivity contribution is 0.0210. The van der Waals surface area contributed by atoms with E-state index in [4.69, 9.17) is 9.84 Å². The number of ether oxygens (including phenoxy) is 1. The third kappa shape index (κ3) is 2.80. The second kappa shape index (κ2) is 5.36. The molecule has 2 amide bonds. The predicted octanol–water partition coefficient (Wildman–Crippen LogP) is 1.75. The first-order chi connectivity index (χ1) is 8.60. The maximum atomic E-state index is 11.6. The van der Waals surface area contributed by atoms with Crippen LogP contribution in [0.1, 0.15) is 23.2 Å². The Bertz CT molecular complexity index is 454. The fourth-order valence-electron chi connectivity index (χ4n) is 1.78. The summed E-state index contributed by atoms with van der Waals surface area (Å²) in [6.07, 6.45) is 1.80. The minimum Gasteiger partial charge on any atom is -0.478 e. The molecule has 0 radical (unpaired) electrons. The molecule has 18 heavy (non-hydrogen) atoms. The van der Waals surface area contributed by atoms with Crippen molar-refractivity contribution >= 4 is 28.3 Å². The number of urea groups is 1. The summed E-state index contributed by atoms with van der Waals surface area (Å²) in [7, 11) is 1.64.